The Labute approximate surface area is 156 Å². The Morgan fingerprint density at radius 2 is 1.84 bits per heavy atom. The molecule has 0 bridgehead atoms. The number of piperidine rings is 1. The Hall–Kier alpha value is -1.26. The molecule has 140 valence electrons. The predicted molar refractivity (Wildman–Crippen MR) is 103 cm³/mol. The number of hydrogen-bond donors (Lipinski definition) is 1. The van der Waals surface area contributed by atoms with Gasteiger partial charge in [0.1, 0.15) is 5.60 Å². The molecule has 0 unspecified atom stereocenters. The molecule has 1 aliphatic rings. The Balaban J connectivity index is 1.82. The maximum Gasteiger partial charge on any atom is 0.410 e. The summed E-state index contributed by atoms with van der Waals surface area (Å²) in [4.78, 5) is 14.1. The fourth-order valence-electron chi connectivity index (χ4n) is 3.22. The van der Waals surface area contributed by atoms with Crippen molar-refractivity contribution in [1.82, 2.24) is 10.2 Å². The third kappa shape index (κ3) is 6.19. The zero-order valence-corrected chi connectivity index (χ0v) is 16.7. The molecule has 1 heterocycles. The van der Waals surface area contributed by atoms with Crippen molar-refractivity contribution in [2.45, 2.75) is 59.1 Å². The highest BCUT2D eigenvalue weighted by molar-refractivity contribution is 6.30. The first-order valence-electron chi connectivity index (χ1n) is 9.16. The number of likely N-dealkylation sites (tertiary alicyclic amines) is 1. The molecule has 1 aliphatic heterocycles. The Kier molecular flexibility index (Phi) is 6.75. The van der Waals surface area contributed by atoms with Crippen LogP contribution in [0.2, 0.25) is 5.02 Å². The number of amides is 1. The number of benzene rings is 1. The Bertz CT molecular complexity index is 558. The summed E-state index contributed by atoms with van der Waals surface area (Å²) in [5, 5.41) is 4.35. The van der Waals surface area contributed by atoms with Crippen LogP contribution >= 0.6 is 11.6 Å². The lowest BCUT2D eigenvalue weighted by Gasteiger charge is -2.41. The highest BCUT2D eigenvalue weighted by atomic mass is 35.5. The van der Waals surface area contributed by atoms with E-state index in [1.807, 2.05) is 37.8 Å². The van der Waals surface area contributed by atoms with Crippen molar-refractivity contribution < 1.29 is 9.53 Å². The van der Waals surface area contributed by atoms with Gasteiger partial charge in [-0.1, -0.05) is 30.7 Å². The smallest absolute Gasteiger partial charge is 0.410 e. The number of hydrogen-bond acceptors (Lipinski definition) is 3. The molecule has 0 saturated carbocycles. The van der Waals surface area contributed by atoms with Crippen molar-refractivity contribution in [3.8, 4) is 0 Å². The third-order valence-electron chi connectivity index (χ3n) is 4.97. The molecule has 1 N–H and O–H groups in total. The summed E-state index contributed by atoms with van der Waals surface area (Å²) in [5.74, 6) is 0. The van der Waals surface area contributed by atoms with Crippen LogP contribution in [0.1, 0.15) is 52.5 Å². The highest BCUT2D eigenvalue weighted by Gasteiger charge is 2.35. The molecule has 0 aromatic heterocycles. The van der Waals surface area contributed by atoms with E-state index in [1.165, 1.54) is 5.56 Å². The molecule has 1 aromatic rings. The van der Waals surface area contributed by atoms with Gasteiger partial charge in [0.25, 0.3) is 0 Å². The Morgan fingerprint density at radius 3 is 2.36 bits per heavy atom. The first kappa shape index (κ1) is 20.1. The van der Waals surface area contributed by atoms with Gasteiger partial charge < -0.3 is 15.0 Å². The van der Waals surface area contributed by atoms with Gasteiger partial charge in [0.05, 0.1) is 0 Å². The van der Waals surface area contributed by atoms with Crippen LogP contribution < -0.4 is 5.32 Å². The number of rotatable bonds is 5. The van der Waals surface area contributed by atoms with Crippen LogP contribution in [-0.4, -0.2) is 36.2 Å². The van der Waals surface area contributed by atoms with Crippen LogP contribution in [0, 0.1) is 5.41 Å². The molecule has 1 aromatic carbocycles. The van der Waals surface area contributed by atoms with Crippen LogP contribution in [-0.2, 0) is 11.3 Å². The van der Waals surface area contributed by atoms with Crippen LogP contribution in [0.5, 0.6) is 0 Å². The Morgan fingerprint density at radius 1 is 1.24 bits per heavy atom. The van der Waals surface area contributed by atoms with Crippen molar-refractivity contribution >= 4 is 17.7 Å². The van der Waals surface area contributed by atoms with Gasteiger partial charge in [-0.2, -0.15) is 0 Å². The summed E-state index contributed by atoms with van der Waals surface area (Å²) < 4.78 is 5.49. The number of nitrogens with zero attached hydrogens (tertiary/aromatic N) is 1. The minimum atomic E-state index is -0.434. The molecule has 0 radical (unpaired) electrons. The second kappa shape index (κ2) is 8.41. The average Bonchev–Trinajstić information content (AvgIpc) is 2.55. The summed E-state index contributed by atoms with van der Waals surface area (Å²) in [6.45, 7) is 11.3. The van der Waals surface area contributed by atoms with E-state index in [0.29, 0.717) is 0 Å². The number of ether oxygens (including phenoxy) is 1. The molecule has 0 aliphatic carbocycles. The van der Waals surface area contributed by atoms with E-state index in [0.717, 1.165) is 50.5 Å². The number of halogens is 1. The maximum atomic E-state index is 12.2. The van der Waals surface area contributed by atoms with Gasteiger partial charge in [-0.3, -0.25) is 0 Å². The van der Waals surface area contributed by atoms with Gasteiger partial charge >= 0.3 is 6.09 Å². The lowest BCUT2D eigenvalue weighted by Crippen LogP contribution is -2.48. The third-order valence-corrected chi connectivity index (χ3v) is 5.22. The van der Waals surface area contributed by atoms with Crippen LogP contribution in [0.3, 0.4) is 0 Å². The molecule has 0 atom stereocenters. The molecule has 2 rings (SSSR count). The van der Waals surface area contributed by atoms with Gasteiger partial charge in [-0.15, -0.1) is 0 Å². The number of carbonyl (C=O) groups excluding carboxylic acids is 1. The molecular formula is C20H31ClN2O2. The average molecular weight is 367 g/mol. The fraction of sp³-hybridized carbons (Fsp3) is 0.650. The van der Waals surface area contributed by atoms with Gasteiger partial charge in [-0.05, 0) is 63.1 Å². The van der Waals surface area contributed by atoms with Crippen molar-refractivity contribution in [3.05, 3.63) is 34.9 Å². The zero-order chi connectivity index (χ0) is 18.5. The van der Waals surface area contributed by atoms with E-state index in [2.05, 4.69) is 24.4 Å². The molecule has 1 saturated heterocycles. The van der Waals surface area contributed by atoms with Crippen molar-refractivity contribution in [2.24, 2.45) is 5.41 Å². The molecule has 25 heavy (non-hydrogen) atoms. The lowest BCUT2D eigenvalue weighted by molar-refractivity contribution is 0.00943. The van der Waals surface area contributed by atoms with E-state index < -0.39 is 5.60 Å². The predicted octanol–water partition coefficient (Wildman–Crippen LogP) is 4.86. The fourth-order valence-corrected chi connectivity index (χ4v) is 3.35. The summed E-state index contributed by atoms with van der Waals surface area (Å²) in [6.07, 6.45) is 2.95. The molecular weight excluding hydrogens is 336 g/mol. The van der Waals surface area contributed by atoms with Gasteiger partial charge in [-0.25, -0.2) is 4.79 Å². The van der Waals surface area contributed by atoms with E-state index >= 15 is 0 Å². The molecule has 0 spiro atoms. The minimum absolute atomic E-state index is 0.189. The molecule has 1 amide bonds. The normalized spacial score (nSPS) is 17.4. The lowest BCUT2D eigenvalue weighted by atomic mass is 9.76. The molecule has 5 heteroatoms. The number of nitrogens with one attached hydrogen (secondary N) is 1. The van der Waals surface area contributed by atoms with E-state index in [1.54, 1.807) is 0 Å². The first-order valence-corrected chi connectivity index (χ1v) is 9.54. The maximum absolute atomic E-state index is 12.2. The second-order valence-corrected chi connectivity index (χ2v) is 8.49. The van der Waals surface area contributed by atoms with Crippen molar-refractivity contribution in [2.75, 3.05) is 19.6 Å². The minimum Gasteiger partial charge on any atom is -0.444 e. The monoisotopic (exact) mass is 366 g/mol. The second-order valence-electron chi connectivity index (χ2n) is 8.05. The standard InChI is InChI=1S/C20H31ClN2O2/c1-5-20(15-22-14-16-6-8-17(21)9-7-16)10-12-23(13-11-20)18(24)25-19(2,3)4/h6-9,22H,5,10-15H2,1-4H3. The van der Waals surface area contributed by atoms with E-state index in [4.69, 9.17) is 16.3 Å². The van der Waals surface area contributed by atoms with E-state index in [9.17, 15) is 4.79 Å². The van der Waals surface area contributed by atoms with Gasteiger partial charge in [0.2, 0.25) is 0 Å². The molecule has 4 nitrogen and oxygen atoms in total. The summed E-state index contributed by atoms with van der Waals surface area (Å²) in [6, 6.07) is 7.96. The highest BCUT2D eigenvalue weighted by Crippen LogP contribution is 2.34. The topological polar surface area (TPSA) is 41.6 Å². The summed E-state index contributed by atoms with van der Waals surface area (Å²) >= 11 is 5.93. The number of carbonyl (C=O) groups is 1. The van der Waals surface area contributed by atoms with Gasteiger partial charge in [0.15, 0.2) is 0 Å². The summed E-state index contributed by atoms with van der Waals surface area (Å²) in [7, 11) is 0. The van der Waals surface area contributed by atoms with Crippen LogP contribution in [0.15, 0.2) is 24.3 Å². The first-order chi connectivity index (χ1) is 11.7. The van der Waals surface area contributed by atoms with Crippen LogP contribution in [0.25, 0.3) is 0 Å². The van der Waals surface area contributed by atoms with Gasteiger partial charge in [0, 0.05) is 31.2 Å². The zero-order valence-electron chi connectivity index (χ0n) is 15.9. The molecule has 1 fully saturated rings. The largest absolute Gasteiger partial charge is 0.444 e. The SMILES string of the molecule is CCC1(CNCc2ccc(Cl)cc2)CCN(C(=O)OC(C)(C)C)CC1. The quantitative estimate of drug-likeness (QED) is 0.809. The summed E-state index contributed by atoms with van der Waals surface area (Å²) in [5.41, 5.74) is 1.06. The van der Waals surface area contributed by atoms with Crippen molar-refractivity contribution in [3.63, 3.8) is 0 Å². The van der Waals surface area contributed by atoms with E-state index in [-0.39, 0.29) is 11.5 Å². The van der Waals surface area contributed by atoms with Crippen molar-refractivity contribution in [1.29, 1.82) is 0 Å². The van der Waals surface area contributed by atoms with Crippen LogP contribution in [0.4, 0.5) is 4.79 Å².